The maximum absolute atomic E-state index is 1.58. The first kappa shape index (κ1) is 10.2. The monoisotopic (exact) mass is 206 g/mol. The molecule has 2 bridgehead atoms. The maximum atomic E-state index is 1.58. The molecule has 5 aliphatic carbocycles. The highest BCUT2D eigenvalue weighted by atomic mass is 14.4. The standard InChI is InChI=1S/C8H14.C7H12/c1-2-4-8-6-5-7(8)3-1;1-2-6-4-7(3-1)5-6/h7-8H,1-6H2;6-7H,1-5H2. The van der Waals surface area contributed by atoms with Crippen molar-refractivity contribution in [1.82, 2.24) is 0 Å². The van der Waals surface area contributed by atoms with Crippen LogP contribution in [0.25, 0.3) is 0 Å². The van der Waals surface area contributed by atoms with Crippen LogP contribution in [-0.2, 0) is 0 Å². The van der Waals surface area contributed by atoms with Gasteiger partial charge in [-0.25, -0.2) is 0 Å². The highest BCUT2D eigenvalue weighted by molar-refractivity contribution is 4.84. The Bertz CT molecular complexity index is 177. The van der Waals surface area contributed by atoms with Gasteiger partial charge in [-0.3, -0.25) is 0 Å². The third kappa shape index (κ3) is 2.24. The lowest BCUT2D eigenvalue weighted by Gasteiger charge is -2.40. The van der Waals surface area contributed by atoms with E-state index in [1.807, 2.05) is 0 Å². The van der Waals surface area contributed by atoms with Gasteiger partial charge in [-0.2, -0.15) is 0 Å². The summed E-state index contributed by atoms with van der Waals surface area (Å²) < 4.78 is 0. The summed E-state index contributed by atoms with van der Waals surface area (Å²) in [5, 5.41) is 0. The first-order valence-electron chi connectivity index (χ1n) is 7.42. The lowest BCUT2D eigenvalue weighted by Crippen LogP contribution is -2.28. The molecule has 0 aliphatic heterocycles. The minimum atomic E-state index is 1.18. The van der Waals surface area contributed by atoms with Crippen molar-refractivity contribution in [3.05, 3.63) is 0 Å². The number of fused-ring (bicyclic) bond motifs is 3. The highest BCUT2D eigenvalue weighted by Gasteiger charge is 2.32. The third-order valence-electron chi connectivity index (χ3n) is 5.53. The van der Waals surface area contributed by atoms with Crippen molar-refractivity contribution in [2.75, 3.05) is 0 Å². The van der Waals surface area contributed by atoms with E-state index in [1.165, 1.54) is 42.9 Å². The zero-order valence-electron chi connectivity index (χ0n) is 10.1. The Morgan fingerprint density at radius 3 is 1.20 bits per heavy atom. The predicted molar refractivity (Wildman–Crippen MR) is 64.7 cm³/mol. The first-order chi connectivity index (χ1) is 7.42. The predicted octanol–water partition coefficient (Wildman–Crippen LogP) is 4.78. The first-order valence-corrected chi connectivity index (χ1v) is 7.42. The van der Waals surface area contributed by atoms with Gasteiger partial charge < -0.3 is 0 Å². The van der Waals surface area contributed by atoms with Crippen LogP contribution < -0.4 is 0 Å². The summed E-state index contributed by atoms with van der Waals surface area (Å²) >= 11 is 0. The molecule has 0 heteroatoms. The topological polar surface area (TPSA) is 0 Å². The van der Waals surface area contributed by atoms with Crippen molar-refractivity contribution in [3.63, 3.8) is 0 Å². The van der Waals surface area contributed by atoms with Crippen LogP contribution in [0, 0.1) is 23.7 Å². The van der Waals surface area contributed by atoms with Crippen LogP contribution >= 0.6 is 0 Å². The van der Waals surface area contributed by atoms with E-state index >= 15 is 0 Å². The molecule has 0 radical (unpaired) electrons. The molecular formula is C15H26. The van der Waals surface area contributed by atoms with Crippen molar-refractivity contribution in [2.45, 2.75) is 70.6 Å². The minimum Gasteiger partial charge on any atom is -0.0530 e. The van der Waals surface area contributed by atoms with E-state index in [2.05, 4.69) is 0 Å². The Morgan fingerprint density at radius 2 is 1.00 bits per heavy atom. The zero-order valence-corrected chi connectivity index (χ0v) is 10.1. The average molecular weight is 206 g/mol. The molecule has 86 valence electrons. The van der Waals surface area contributed by atoms with Gasteiger partial charge in [-0.1, -0.05) is 44.9 Å². The fraction of sp³-hybridized carbons (Fsp3) is 1.00. The second-order valence-corrected chi connectivity index (χ2v) is 6.52. The van der Waals surface area contributed by atoms with Gasteiger partial charge >= 0.3 is 0 Å². The SMILES string of the molecule is C1CC2CC(C1)C2.C1CCC2CCC2C1. The molecule has 0 amide bonds. The lowest BCUT2D eigenvalue weighted by atomic mass is 9.65. The van der Waals surface area contributed by atoms with E-state index in [-0.39, 0.29) is 0 Å². The van der Waals surface area contributed by atoms with E-state index in [0.29, 0.717) is 0 Å². The van der Waals surface area contributed by atoms with Crippen LogP contribution in [0.4, 0.5) is 0 Å². The van der Waals surface area contributed by atoms with Gasteiger partial charge in [0.05, 0.1) is 0 Å². The summed E-state index contributed by atoms with van der Waals surface area (Å²) in [6.45, 7) is 0. The largest absolute Gasteiger partial charge is 0.0530 e. The smallest absolute Gasteiger partial charge is 0.0386 e. The summed E-state index contributed by atoms with van der Waals surface area (Å²) in [5.41, 5.74) is 0. The van der Waals surface area contributed by atoms with Crippen molar-refractivity contribution in [2.24, 2.45) is 23.7 Å². The Kier molecular flexibility index (Phi) is 3.03. The van der Waals surface area contributed by atoms with Crippen LogP contribution in [0.15, 0.2) is 0 Å². The van der Waals surface area contributed by atoms with Crippen molar-refractivity contribution >= 4 is 0 Å². The second kappa shape index (κ2) is 4.47. The molecule has 5 rings (SSSR count). The van der Waals surface area contributed by atoms with Gasteiger partial charge in [0.25, 0.3) is 0 Å². The van der Waals surface area contributed by atoms with Gasteiger partial charge in [-0.15, -0.1) is 0 Å². The highest BCUT2D eigenvalue weighted by Crippen LogP contribution is 2.45. The van der Waals surface area contributed by atoms with Gasteiger partial charge in [0.2, 0.25) is 0 Å². The molecule has 0 heterocycles. The summed E-state index contributed by atoms with van der Waals surface area (Å²) in [6, 6.07) is 0. The molecule has 5 fully saturated rings. The molecule has 5 saturated carbocycles. The Balaban J connectivity index is 0.0000000971. The van der Waals surface area contributed by atoms with Crippen LogP contribution in [0.3, 0.4) is 0 Å². The molecule has 5 aliphatic rings. The van der Waals surface area contributed by atoms with Crippen LogP contribution in [-0.4, -0.2) is 0 Å². The summed E-state index contributed by atoms with van der Waals surface area (Å²) in [5.74, 6) is 4.73. The van der Waals surface area contributed by atoms with E-state index in [0.717, 1.165) is 0 Å². The quantitative estimate of drug-likeness (QED) is 0.535. The molecule has 0 spiro atoms. The Labute approximate surface area is 94.8 Å². The van der Waals surface area contributed by atoms with E-state index in [9.17, 15) is 0 Å². The van der Waals surface area contributed by atoms with Gasteiger partial charge in [0, 0.05) is 0 Å². The Morgan fingerprint density at radius 1 is 0.467 bits per heavy atom. The van der Waals surface area contributed by atoms with Gasteiger partial charge in [0.1, 0.15) is 0 Å². The number of hydrogen-bond donors (Lipinski definition) is 0. The van der Waals surface area contributed by atoms with Gasteiger partial charge in [-0.05, 0) is 49.4 Å². The van der Waals surface area contributed by atoms with Crippen molar-refractivity contribution in [3.8, 4) is 0 Å². The van der Waals surface area contributed by atoms with Crippen LogP contribution in [0.1, 0.15) is 70.6 Å². The molecule has 15 heavy (non-hydrogen) atoms. The normalized spacial score (nSPS) is 46.4. The summed E-state index contributed by atoms with van der Waals surface area (Å²) in [4.78, 5) is 0. The summed E-state index contributed by atoms with van der Waals surface area (Å²) in [7, 11) is 0. The molecule has 2 unspecified atom stereocenters. The maximum Gasteiger partial charge on any atom is -0.0386 e. The van der Waals surface area contributed by atoms with Crippen LogP contribution in [0.2, 0.25) is 0 Å². The average Bonchev–Trinajstić information content (AvgIpc) is 2.21. The lowest BCUT2D eigenvalue weighted by molar-refractivity contribution is 0.115. The Hall–Kier alpha value is 0. The van der Waals surface area contributed by atoms with E-state index < -0.39 is 0 Å². The molecule has 0 aromatic carbocycles. The zero-order chi connectivity index (χ0) is 10.1. The molecular weight excluding hydrogens is 180 g/mol. The van der Waals surface area contributed by atoms with Crippen molar-refractivity contribution < 1.29 is 0 Å². The fourth-order valence-electron chi connectivity index (χ4n) is 4.25. The molecule has 2 atom stereocenters. The van der Waals surface area contributed by atoms with Crippen molar-refractivity contribution in [1.29, 1.82) is 0 Å². The van der Waals surface area contributed by atoms with E-state index in [1.54, 1.807) is 51.4 Å². The van der Waals surface area contributed by atoms with E-state index in [4.69, 9.17) is 0 Å². The molecule has 0 aromatic heterocycles. The number of rotatable bonds is 0. The molecule has 0 aromatic rings. The number of hydrogen-bond acceptors (Lipinski definition) is 0. The molecule has 0 saturated heterocycles. The second-order valence-electron chi connectivity index (χ2n) is 6.52. The minimum absolute atomic E-state index is 1.18. The van der Waals surface area contributed by atoms with Crippen LogP contribution in [0.5, 0.6) is 0 Å². The fourth-order valence-corrected chi connectivity index (χ4v) is 4.25. The third-order valence-corrected chi connectivity index (χ3v) is 5.53. The summed E-state index contributed by atoms with van der Waals surface area (Å²) in [6.07, 6.45) is 17.1. The molecule has 0 nitrogen and oxygen atoms in total. The molecule has 0 N–H and O–H groups in total. The van der Waals surface area contributed by atoms with Gasteiger partial charge in [0.15, 0.2) is 0 Å².